The van der Waals surface area contributed by atoms with Gasteiger partial charge in [0.1, 0.15) is 15.8 Å². The Balaban J connectivity index is 1.75. The Morgan fingerprint density at radius 3 is 2.87 bits per heavy atom. The molecule has 2 aromatic heterocycles. The van der Waals surface area contributed by atoms with E-state index in [0.717, 1.165) is 18.2 Å². The number of thiocarbonyl (C=S) groups is 1. The van der Waals surface area contributed by atoms with Crippen molar-refractivity contribution in [1.82, 2.24) is 14.3 Å². The maximum Gasteiger partial charge on any atom is 0.267 e. The Hall–Kier alpha value is -2.24. The third-order valence-electron chi connectivity index (χ3n) is 4.98. The molecular weight excluding hydrogens is 444 g/mol. The van der Waals surface area contributed by atoms with Crippen LogP contribution in [0.1, 0.15) is 25.3 Å². The highest BCUT2D eigenvalue weighted by Crippen LogP contribution is 2.36. The lowest BCUT2D eigenvalue weighted by atomic mass is 10.2. The van der Waals surface area contributed by atoms with E-state index >= 15 is 0 Å². The van der Waals surface area contributed by atoms with Crippen LogP contribution in [0.5, 0.6) is 0 Å². The van der Waals surface area contributed by atoms with E-state index < -0.39 is 15.9 Å². The monoisotopic (exact) mass is 464 g/mol. The van der Waals surface area contributed by atoms with Crippen LogP contribution in [-0.4, -0.2) is 57.0 Å². The summed E-state index contributed by atoms with van der Waals surface area (Å²) in [5.74, 6) is -0.00163. The predicted molar refractivity (Wildman–Crippen MR) is 122 cm³/mol. The quantitative estimate of drug-likeness (QED) is 0.529. The van der Waals surface area contributed by atoms with Gasteiger partial charge >= 0.3 is 0 Å². The fourth-order valence-corrected chi connectivity index (χ4v) is 6.60. The van der Waals surface area contributed by atoms with E-state index in [1.54, 1.807) is 24.4 Å². The zero-order valence-electron chi connectivity index (χ0n) is 16.2. The fraction of sp³-hybridized carbons (Fsp3) is 0.368. The van der Waals surface area contributed by atoms with Gasteiger partial charge in [-0.2, -0.15) is 0 Å². The summed E-state index contributed by atoms with van der Waals surface area (Å²) in [5.41, 5.74) is 0.474. The molecular formula is C19H20N4O4S3. The lowest BCUT2D eigenvalue weighted by Gasteiger charge is -2.20. The number of rotatable bonds is 5. The number of hydrogen-bond donors (Lipinski definition) is 1. The summed E-state index contributed by atoms with van der Waals surface area (Å²) in [6.07, 6.45) is 4.34. The summed E-state index contributed by atoms with van der Waals surface area (Å²) in [5, 5.41) is 3.16. The maximum absolute atomic E-state index is 13.1. The topological polar surface area (TPSA) is 101 Å². The first-order chi connectivity index (χ1) is 14.3. The van der Waals surface area contributed by atoms with Crippen molar-refractivity contribution in [2.45, 2.75) is 25.8 Å². The molecule has 1 unspecified atom stereocenters. The second kappa shape index (κ2) is 8.12. The number of amides is 1. The number of hydrogen-bond acceptors (Lipinski definition) is 8. The summed E-state index contributed by atoms with van der Waals surface area (Å²) < 4.78 is 25.4. The van der Waals surface area contributed by atoms with Gasteiger partial charge in [0, 0.05) is 12.7 Å². The SMILES string of the molecule is CCCNc1nc2ccccn2c(=O)c1C=C1SC(=S)N(C2CCS(=O)(=O)C2)C1=O. The van der Waals surface area contributed by atoms with Gasteiger partial charge in [0.2, 0.25) is 0 Å². The Bertz CT molecular complexity index is 1240. The van der Waals surface area contributed by atoms with Gasteiger partial charge in [0.05, 0.1) is 28.0 Å². The minimum atomic E-state index is -3.16. The number of thioether (sulfide) groups is 1. The number of aromatic nitrogens is 2. The first-order valence-electron chi connectivity index (χ1n) is 9.53. The minimum absolute atomic E-state index is 0.0504. The van der Waals surface area contributed by atoms with Crippen molar-refractivity contribution in [2.75, 3.05) is 23.4 Å². The molecule has 0 bridgehead atoms. The largest absolute Gasteiger partial charge is 0.369 e. The van der Waals surface area contributed by atoms with Crippen molar-refractivity contribution in [3.63, 3.8) is 0 Å². The molecule has 1 atom stereocenters. The van der Waals surface area contributed by atoms with E-state index in [1.807, 2.05) is 6.92 Å². The van der Waals surface area contributed by atoms with E-state index in [4.69, 9.17) is 12.2 Å². The van der Waals surface area contributed by atoms with Crippen molar-refractivity contribution in [1.29, 1.82) is 0 Å². The van der Waals surface area contributed by atoms with E-state index in [9.17, 15) is 18.0 Å². The first-order valence-corrected chi connectivity index (χ1v) is 12.6. The smallest absolute Gasteiger partial charge is 0.267 e. The van der Waals surface area contributed by atoms with Crippen LogP contribution in [0.2, 0.25) is 0 Å². The normalized spacial score (nSPS) is 22.4. The molecule has 2 aliphatic heterocycles. The third kappa shape index (κ3) is 3.88. The number of nitrogens with zero attached hydrogens (tertiary/aromatic N) is 3. The van der Waals surface area contributed by atoms with Gasteiger partial charge < -0.3 is 5.32 Å². The van der Waals surface area contributed by atoms with Gasteiger partial charge in [-0.1, -0.05) is 37.0 Å². The van der Waals surface area contributed by atoms with Crippen molar-refractivity contribution in [3.8, 4) is 0 Å². The van der Waals surface area contributed by atoms with Gasteiger partial charge in [0.15, 0.2) is 9.84 Å². The standard InChI is InChI=1S/C19H20N4O4S3/c1-2-7-20-16-13(17(24)22-8-4-3-5-15(22)21-16)10-14-18(25)23(19(28)29-14)12-6-9-30(26,27)11-12/h3-5,8,10,12,20H,2,6-7,9,11H2,1H3. The molecule has 30 heavy (non-hydrogen) atoms. The van der Waals surface area contributed by atoms with Crippen molar-refractivity contribution < 1.29 is 13.2 Å². The molecule has 0 aliphatic carbocycles. The molecule has 2 aromatic rings. The summed E-state index contributed by atoms with van der Waals surface area (Å²) in [7, 11) is -3.16. The van der Waals surface area contributed by atoms with Gasteiger partial charge in [-0.3, -0.25) is 18.9 Å². The zero-order valence-corrected chi connectivity index (χ0v) is 18.6. The Morgan fingerprint density at radius 1 is 1.37 bits per heavy atom. The molecule has 158 valence electrons. The molecule has 2 fully saturated rings. The average Bonchev–Trinajstić information content (AvgIpc) is 3.20. The molecule has 8 nitrogen and oxygen atoms in total. The fourth-order valence-electron chi connectivity index (χ4n) is 3.52. The summed E-state index contributed by atoms with van der Waals surface area (Å²) in [6, 6.07) is 4.81. The number of fused-ring (bicyclic) bond motifs is 1. The molecule has 0 spiro atoms. The highest BCUT2D eigenvalue weighted by molar-refractivity contribution is 8.26. The maximum atomic E-state index is 13.1. The van der Waals surface area contributed by atoms with E-state index in [1.165, 1.54) is 15.4 Å². The molecule has 2 saturated heterocycles. The average molecular weight is 465 g/mol. The van der Waals surface area contributed by atoms with Crippen molar-refractivity contribution in [3.05, 3.63) is 45.2 Å². The van der Waals surface area contributed by atoms with E-state index in [0.29, 0.717) is 33.7 Å². The number of carbonyl (C=O) groups is 1. The summed E-state index contributed by atoms with van der Waals surface area (Å²) in [4.78, 5) is 32.3. The number of pyridine rings is 1. The predicted octanol–water partition coefficient (Wildman–Crippen LogP) is 1.90. The first kappa shape index (κ1) is 21.0. The van der Waals surface area contributed by atoms with Crippen LogP contribution >= 0.6 is 24.0 Å². The van der Waals surface area contributed by atoms with Crippen LogP contribution in [0.15, 0.2) is 34.1 Å². The van der Waals surface area contributed by atoms with Crippen LogP contribution in [0.4, 0.5) is 5.82 Å². The van der Waals surface area contributed by atoms with Gasteiger partial charge in [-0.25, -0.2) is 13.4 Å². The molecule has 4 rings (SSSR count). The van der Waals surface area contributed by atoms with Gasteiger partial charge in [0.25, 0.3) is 11.5 Å². The number of nitrogens with one attached hydrogen (secondary N) is 1. The number of anilines is 1. The van der Waals surface area contributed by atoms with Crippen LogP contribution in [0, 0.1) is 0 Å². The zero-order chi connectivity index (χ0) is 21.5. The molecule has 11 heteroatoms. The highest BCUT2D eigenvalue weighted by Gasteiger charge is 2.42. The molecule has 1 amide bonds. The van der Waals surface area contributed by atoms with Gasteiger partial charge in [-0.15, -0.1) is 0 Å². The number of sulfone groups is 1. The van der Waals surface area contributed by atoms with Crippen molar-refractivity contribution in [2.24, 2.45) is 0 Å². The molecule has 0 aromatic carbocycles. The Labute approximate surface area is 183 Å². The van der Waals surface area contributed by atoms with Crippen LogP contribution in [0.3, 0.4) is 0 Å². The lowest BCUT2D eigenvalue weighted by Crippen LogP contribution is -2.39. The number of carbonyl (C=O) groups excluding carboxylic acids is 1. The van der Waals surface area contributed by atoms with Crippen molar-refractivity contribution >= 4 is 61.6 Å². The second-order valence-electron chi connectivity index (χ2n) is 7.14. The van der Waals surface area contributed by atoms with Crippen LogP contribution in [-0.2, 0) is 14.6 Å². The molecule has 0 radical (unpaired) electrons. The molecule has 1 N–H and O–H groups in total. The Morgan fingerprint density at radius 2 is 2.17 bits per heavy atom. The van der Waals surface area contributed by atoms with Crippen LogP contribution < -0.4 is 10.9 Å². The van der Waals surface area contributed by atoms with Crippen LogP contribution in [0.25, 0.3) is 11.7 Å². The second-order valence-corrected chi connectivity index (χ2v) is 11.0. The summed E-state index contributed by atoms with van der Waals surface area (Å²) >= 11 is 6.43. The van der Waals surface area contributed by atoms with E-state index in [2.05, 4.69) is 10.3 Å². The lowest BCUT2D eigenvalue weighted by molar-refractivity contribution is -0.123. The summed E-state index contributed by atoms with van der Waals surface area (Å²) in [6.45, 7) is 2.62. The van der Waals surface area contributed by atoms with E-state index in [-0.39, 0.29) is 28.5 Å². The molecule has 2 aliphatic rings. The molecule has 0 saturated carbocycles. The van der Waals surface area contributed by atoms with Gasteiger partial charge in [-0.05, 0) is 31.1 Å². The third-order valence-corrected chi connectivity index (χ3v) is 8.06. The minimum Gasteiger partial charge on any atom is -0.369 e. The highest BCUT2D eigenvalue weighted by atomic mass is 32.2. The Kier molecular flexibility index (Phi) is 5.69. The molecule has 4 heterocycles.